The van der Waals surface area contributed by atoms with Crippen molar-refractivity contribution < 1.29 is 0 Å². The van der Waals surface area contributed by atoms with Gasteiger partial charge in [-0.1, -0.05) is 42.5 Å². The number of hydrogen-bond donors (Lipinski definition) is 0. The lowest BCUT2D eigenvalue weighted by Crippen LogP contribution is -2.08. The lowest BCUT2D eigenvalue weighted by molar-refractivity contribution is 1.06. The molecular weight excluding hydrogens is 246 g/mol. The monoisotopic (exact) mass is 267 g/mol. The van der Waals surface area contributed by atoms with E-state index < -0.39 is 0 Å². The Balaban J connectivity index is 1.84. The van der Waals surface area contributed by atoms with E-state index in [0.717, 1.165) is 6.42 Å². The predicted molar refractivity (Wildman–Crippen MR) is 88.4 cm³/mol. The Bertz CT molecular complexity index is 515. The third-order valence-corrected chi connectivity index (χ3v) is 4.50. The van der Waals surface area contributed by atoms with Crippen molar-refractivity contribution in [2.75, 3.05) is 19.0 Å². The normalized spacial score (nSPS) is 10.8. The summed E-state index contributed by atoms with van der Waals surface area (Å²) >= 11 is 0. The number of benzene rings is 2. The Morgan fingerprint density at radius 1 is 0.947 bits per heavy atom. The standard InChI is InChI=1S/C17H21NSi/c1-18(2)16-12-10-15(11-13-16)7-6-14-19-17-8-4-3-5-9-17/h3-5,8-14,19H,6-7H2,1-2H3. The second-order valence-electron chi connectivity index (χ2n) is 4.91. The maximum absolute atomic E-state index is 2.45. The zero-order chi connectivity index (χ0) is 13.5. The van der Waals surface area contributed by atoms with E-state index in [0.29, 0.717) is 9.13 Å². The fourth-order valence-corrected chi connectivity index (χ4v) is 3.04. The van der Waals surface area contributed by atoms with Gasteiger partial charge < -0.3 is 4.90 Å². The zero-order valence-electron chi connectivity index (χ0n) is 11.7. The van der Waals surface area contributed by atoms with Crippen molar-refractivity contribution in [3.8, 4) is 0 Å². The number of rotatable bonds is 5. The highest BCUT2D eigenvalue weighted by Crippen LogP contribution is 2.12. The van der Waals surface area contributed by atoms with Crippen molar-refractivity contribution in [1.82, 2.24) is 0 Å². The zero-order valence-corrected chi connectivity index (χ0v) is 12.9. The van der Waals surface area contributed by atoms with Crippen LogP contribution in [0.5, 0.6) is 0 Å². The van der Waals surface area contributed by atoms with Gasteiger partial charge in [0.15, 0.2) is 0 Å². The van der Waals surface area contributed by atoms with Gasteiger partial charge in [-0.3, -0.25) is 0 Å². The number of anilines is 1. The first-order chi connectivity index (χ1) is 9.25. The Kier molecular flexibility index (Phi) is 5.10. The fraction of sp³-hybridized carbons (Fsp3) is 0.235. The smallest absolute Gasteiger partial charge is 0.0361 e. The van der Waals surface area contributed by atoms with E-state index >= 15 is 0 Å². The molecule has 0 aliphatic carbocycles. The molecule has 2 rings (SSSR count). The maximum Gasteiger partial charge on any atom is 0.0361 e. The van der Waals surface area contributed by atoms with E-state index in [1.807, 2.05) is 0 Å². The molecule has 0 spiro atoms. The van der Waals surface area contributed by atoms with E-state index in [4.69, 9.17) is 0 Å². The number of hydrogen-bond acceptors (Lipinski definition) is 1. The van der Waals surface area contributed by atoms with Crippen LogP contribution >= 0.6 is 0 Å². The van der Waals surface area contributed by atoms with Gasteiger partial charge in [0, 0.05) is 28.9 Å². The molecule has 0 bridgehead atoms. The maximum atomic E-state index is 2.45. The molecule has 0 aromatic heterocycles. The second-order valence-corrected chi connectivity index (χ2v) is 6.38. The summed E-state index contributed by atoms with van der Waals surface area (Å²) in [6.45, 7) is 0. The molecule has 0 unspecified atom stereocenters. The summed E-state index contributed by atoms with van der Waals surface area (Å²) in [5.41, 5.74) is 5.15. The Morgan fingerprint density at radius 2 is 1.63 bits per heavy atom. The molecule has 2 aromatic rings. The molecular formula is C17H21NSi. The second kappa shape index (κ2) is 7.05. The first kappa shape index (κ1) is 13.8. The third kappa shape index (κ3) is 4.49. The highest BCUT2D eigenvalue weighted by molar-refractivity contribution is 6.60. The quantitative estimate of drug-likeness (QED) is 0.751. The SMILES string of the molecule is CN(C)c1ccc(CCC=[SiH]c2ccccc2)cc1. The molecule has 0 atom stereocenters. The van der Waals surface area contributed by atoms with Gasteiger partial charge in [-0.2, -0.15) is 0 Å². The molecule has 0 aliphatic rings. The molecule has 1 nitrogen and oxygen atoms in total. The Hall–Kier alpha value is -1.67. The van der Waals surface area contributed by atoms with Crippen LogP contribution in [0.4, 0.5) is 5.69 Å². The van der Waals surface area contributed by atoms with Crippen LogP contribution in [-0.4, -0.2) is 28.9 Å². The summed E-state index contributed by atoms with van der Waals surface area (Å²) < 4.78 is 0. The Morgan fingerprint density at radius 3 is 2.26 bits per heavy atom. The fourth-order valence-electron chi connectivity index (χ4n) is 1.99. The van der Waals surface area contributed by atoms with Crippen molar-refractivity contribution in [2.45, 2.75) is 12.8 Å². The van der Waals surface area contributed by atoms with Gasteiger partial charge >= 0.3 is 0 Å². The van der Waals surface area contributed by atoms with Crippen LogP contribution in [-0.2, 0) is 6.42 Å². The molecule has 0 saturated heterocycles. The van der Waals surface area contributed by atoms with E-state index in [1.54, 1.807) is 0 Å². The van der Waals surface area contributed by atoms with Crippen LogP contribution in [0.3, 0.4) is 0 Å². The van der Waals surface area contributed by atoms with Crippen LogP contribution < -0.4 is 10.1 Å². The first-order valence-electron chi connectivity index (χ1n) is 6.73. The van der Waals surface area contributed by atoms with Gasteiger partial charge in [0.1, 0.15) is 0 Å². The van der Waals surface area contributed by atoms with Crippen molar-refractivity contribution in [3.05, 3.63) is 60.2 Å². The van der Waals surface area contributed by atoms with Crippen molar-refractivity contribution in [1.29, 1.82) is 0 Å². The molecule has 0 radical (unpaired) electrons. The molecule has 19 heavy (non-hydrogen) atoms. The molecule has 0 fully saturated rings. The summed E-state index contributed by atoms with van der Waals surface area (Å²) in [5.74, 6) is 0. The first-order valence-corrected chi connectivity index (χ1v) is 7.98. The highest BCUT2D eigenvalue weighted by atomic mass is 28.2. The molecule has 0 heterocycles. The number of nitrogens with zero attached hydrogens (tertiary/aromatic N) is 1. The summed E-state index contributed by atoms with van der Waals surface area (Å²) in [5, 5.41) is 1.48. The molecule has 0 saturated carbocycles. The van der Waals surface area contributed by atoms with Crippen molar-refractivity contribution in [2.24, 2.45) is 0 Å². The van der Waals surface area contributed by atoms with Crippen LogP contribution in [0.25, 0.3) is 0 Å². The van der Waals surface area contributed by atoms with Gasteiger partial charge in [0.25, 0.3) is 0 Å². The largest absolute Gasteiger partial charge is 0.378 e. The Labute approximate surface area is 118 Å². The third-order valence-electron chi connectivity index (χ3n) is 3.16. The lowest BCUT2D eigenvalue weighted by atomic mass is 10.1. The lowest BCUT2D eigenvalue weighted by Gasteiger charge is -2.12. The van der Waals surface area contributed by atoms with Crippen LogP contribution in [0.2, 0.25) is 0 Å². The minimum Gasteiger partial charge on any atom is -0.378 e. The van der Waals surface area contributed by atoms with E-state index in [-0.39, 0.29) is 0 Å². The summed E-state index contributed by atoms with van der Waals surface area (Å²) in [7, 11) is 4.47. The van der Waals surface area contributed by atoms with Crippen molar-refractivity contribution >= 4 is 25.7 Å². The molecule has 98 valence electrons. The van der Waals surface area contributed by atoms with E-state index in [1.165, 1.54) is 22.9 Å². The van der Waals surface area contributed by atoms with Crippen molar-refractivity contribution in [3.63, 3.8) is 0 Å². The van der Waals surface area contributed by atoms with E-state index in [2.05, 4.69) is 79.3 Å². The molecule has 0 amide bonds. The van der Waals surface area contributed by atoms with Crippen LogP contribution in [0.1, 0.15) is 12.0 Å². The average Bonchev–Trinajstić information content (AvgIpc) is 2.45. The summed E-state index contributed by atoms with van der Waals surface area (Å²) in [6, 6.07) is 19.6. The van der Waals surface area contributed by atoms with Crippen LogP contribution in [0.15, 0.2) is 54.6 Å². The topological polar surface area (TPSA) is 3.24 Å². The van der Waals surface area contributed by atoms with Gasteiger partial charge in [-0.05, 0) is 35.7 Å². The van der Waals surface area contributed by atoms with Crippen LogP contribution in [0, 0.1) is 0 Å². The van der Waals surface area contributed by atoms with E-state index in [9.17, 15) is 0 Å². The van der Waals surface area contributed by atoms with Gasteiger partial charge in [0.05, 0.1) is 0 Å². The molecule has 0 aliphatic heterocycles. The average molecular weight is 267 g/mol. The molecule has 2 heteroatoms. The predicted octanol–water partition coefficient (Wildman–Crippen LogP) is 2.25. The minimum absolute atomic E-state index is 0.318. The van der Waals surface area contributed by atoms with Gasteiger partial charge in [-0.25, -0.2) is 0 Å². The van der Waals surface area contributed by atoms with Gasteiger partial charge in [-0.15, -0.1) is 5.67 Å². The van der Waals surface area contributed by atoms with Gasteiger partial charge in [0.2, 0.25) is 0 Å². The summed E-state index contributed by atoms with van der Waals surface area (Å²) in [4.78, 5) is 2.13. The molecule has 2 aromatic carbocycles. The number of aryl methyl sites for hydroxylation is 1. The molecule has 0 N–H and O–H groups in total. The summed E-state index contributed by atoms with van der Waals surface area (Å²) in [6.07, 6.45) is 2.32. The highest BCUT2D eigenvalue weighted by Gasteiger charge is 1.95. The minimum atomic E-state index is 0.318.